The van der Waals surface area contributed by atoms with Crippen LogP contribution in [0.5, 0.6) is 0 Å². The zero-order valence-corrected chi connectivity index (χ0v) is 35.3. The molecule has 0 spiro atoms. The number of hydrogen-bond donors (Lipinski definition) is 7. The van der Waals surface area contributed by atoms with E-state index < -0.39 is 86.7 Å². The van der Waals surface area contributed by atoms with E-state index in [1.54, 1.807) is 6.92 Å². The molecule has 0 aromatic carbocycles. The molecular weight excluding hydrogens is 740 g/mol. The molecule has 2 aliphatic rings. The van der Waals surface area contributed by atoms with E-state index in [0.29, 0.717) is 6.61 Å². The zero-order valence-electron chi connectivity index (χ0n) is 35.3. The molecular formula is C43H82O14. The van der Waals surface area contributed by atoms with Crippen molar-refractivity contribution in [3.8, 4) is 0 Å². The minimum atomic E-state index is -1.70. The third-order valence-corrected chi connectivity index (χ3v) is 11.2. The Morgan fingerprint density at radius 2 is 0.912 bits per heavy atom. The van der Waals surface area contributed by atoms with Crippen LogP contribution in [0.25, 0.3) is 0 Å². The lowest BCUT2D eigenvalue weighted by atomic mass is 9.98. The van der Waals surface area contributed by atoms with Crippen LogP contribution in [-0.2, 0) is 33.2 Å². The molecule has 338 valence electrons. The highest BCUT2D eigenvalue weighted by Crippen LogP contribution is 2.26. The van der Waals surface area contributed by atoms with Gasteiger partial charge < -0.3 is 64.2 Å². The molecule has 2 saturated heterocycles. The normalized spacial score (nSPS) is 28.4. The average molecular weight is 823 g/mol. The van der Waals surface area contributed by atoms with Gasteiger partial charge in [0.2, 0.25) is 0 Å². The summed E-state index contributed by atoms with van der Waals surface area (Å²) in [7, 11) is 0. The maximum atomic E-state index is 12.1. The summed E-state index contributed by atoms with van der Waals surface area (Å²) in [6.07, 6.45) is 14.6. The molecule has 14 heteroatoms. The van der Waals surface area contributed by atoms with E-state index in [-0.39, 0.29) is 19.6 Å². The molecule has 7 N–H and O–H groups in total. The number of aliphatic hydroxyl groups excluding tert-OH is 7. The van der Waals surface area contributed by atoms with Crippen molar-refractivity contribution in [3.63, 3.8) is 0 Å². The van der Waals surface area contributed by atoms with E-state index >= 15 is 0 Å². The number of unbranched alkanes of at least 4 members (excludes halogenated alkanes) is 22. The molecule has 0 amide bonds. The second-order valence-electron chi connectivity index (χ2n) is 16.2. The average Bonchev–Trinajstić information content (AvgIpc) is 3.21. The van der Waals surface area contributed by atoms with Crippen LogP contribution in [0.2, 0.25) is 0 Å². The van der Waals surface area contributed by atoms with Crippen molar-refractivity contribution in [2.24, 2.45) is 0 Å². The van der Waals surface area contributed by atoms with Gasteiger partial charge in [0.1, 0.15) is 54.9 Å². The molecule has 2 aliphatic heterocycles. The Labute approximate surface area is 342 Å². The quantitative estimate of drug-likeness (QED) is 0.0333. The molecule has 57 heavy (non-hydrogen) atoms. The molecule has 2 heterocycles. The van der Waals surface area contributed by atoms with Gasteiger partial charge in [-0.15, -0.1) is 0 Å². The Morgan fingerprint density at radius 1 is 0.509 bits per heavy atom. The summed E-state index contributed by atoms with van der Waals surface area (Å²) in [4.78, 5) is 12.1. The molecule has 0 aliphatic carbocycles. The Morgan fingerprint density at radius 3 is 1.35 bits per heavy atom. The second-order valence-corrected chi connectivity index (χ2v) is 16.2. The minimum absolute atomic E-state index is 0.0582. The third-order valence-electron chi connectivity index (χ3n) is 11.2. The highest BCUT2D eigenvalue weighted by atomic mass is 16.7. The summed E-state index contributed by atoms with van der Waals surface area (Å²) in [6, 6.07) is 0. The van der Waals surface area contributed by atoms with E-state index in [0.717, 1.165) is 19.3 Å². The van der Waals surface area contributed by atoms with Gasteiger partial charge in [0, 0.05) is 13.0 Å². The Bertz CT molecular complexity index is 959. The molecule has 0 bridgehead atoms. The van der Waals surface area contributed by atoms with Crippen LogP contribution in [0.4, 0.5) is 0 Å². The Balaban J connectivity index is 1.52. The predicted molar refractivity (Wildman–Crippen MR) is 215 cm³/mol. The van der Waals surface area contributed by atoms with Crippen LogP contribution >= 0.6 is 0 Å². The van der Waals surface area contributed by atoms with Crippen LogP contribution in [-0.4, -0.2) is 142 Å². The first kappa shape index (κ1) is 52.1. The van der Waals surface area contributed by atoms with Gasteiger partial charge in [-0.3, -0.25) is 4.79 Å². The van der Waals surface area contributed by atoms with Crippen molar-refractivity contribution < 1.29 is 69.0 Å². The van der Waals surface area contributed by atoms with Gasteiger partial charge in [0.05, 0.1) is 26.4 Å². The van der Waals surface area contributed by atoms with Gasteiger partial charge in [-0.2, -0.15) is 0 Å². The lowest BCUT2D eigenvalue weighted by Crippen LogP contribution is -2.61. The Kier molecular flexibility index (Phi) is 29.9. The van der Waals surface area contributed by atoms with Crippen LogP contribution in [0.3, 0.4) is 0 Å². The minimum Gasteiger partial charge on any atom is -0.457 e. The molecule has 2 fully saturated rings. The highest BCUT2D eigenvalue weighted by Gasteiger charge is 2.47. The molecule has 0 aromatic heterocycles. The van der Waals surface area contributed by atoms with Crippen LogP contribution in [0.15, 0.2) is 0 Å². The van der Waals surface area contributed by atoms with Gasteiger partial charge in [-0.05, 0) is 6.42 Å². The Hall–Kier alpha value is -1.01. The first-order chi connectivity index (χ1) is 27.6. The fourth-order valence-electron chi connectivity index (χ4n) is 7.38. The lowest BCUT2D eigenvalue weighted by Gasteiger charge is -2.42. The summed E-state index contributed by atoms with van der Waals surface area (Å²) in [5.74, 6) is -0.460. The van der Waals surface area contributed by atoms with Crippen molar-refractivity contribution in [3.05, 3.63) is 0 Å². The second kappa shape index (κ2) is 32.7. The van der Waals surface area contributed by atoms with E-state index in [9.17, 15) is 40.5 Å². The monoisotopic (exact) mass is 823 g/mol. The molecule has 0 saturated carbocycles. The maximum absolute atomic E-state index is 12.1. The summed E-state index contributed by atoms with van der Waals surface area (Å²) >= 11 is 0. The van der Waals surface area contributed by atoms with Gasteiger partial charge >= 0.3 is 5.97 Å². The number of hydrogen-bond acceptors (Lipinski definition) is 14. The highest BCUT2D eigenvalue weighted by molar-refractivity contribution is 5.69. The molecule has 14 nitrogen and oxygen atoms in total. The van der Waals surface area contributed by atoms with Crippen LogP contribution in [0, 0.1) is 0 Å². The number of rotatable bonds is 35. The van der Waals surface area contributed by atoms with E-state index in [2.05, 4.69) is 6.92 Å². The first-order valence-electron chi connectivity index (χ1n) is 22.6. The SMILES string of the molecule is CCCCCCCCCCCCCCCCCCCCCCCCCOCC(COC1OC(COC2OC(CO)C(O)C(O)C2O)C(O)C(O)C1O)OC(=O)CC. The largest absolute Gasteiger partial charge is 0.457 e. The predicted octanol–water partition coefficient (Wildman–Crippen LogP) is 4.96. The van der Waals surface area contributed by atoms with Crippen LogP contribution in [0.1, 0.15) is 168 Å². The third kappa shape index (κ3) is 21.9. The van der Waals surface area contributed by atoms with Crippen molar-refractivity contribution in [2.45, 2.75) is 235 Å². The van der Waals surface area contributed by atoms with Crippen molar-refractivity contribution in [2.75, 3.05) is 33.0 Å². The summed E-state index contributed by atoms with van der Waals surface area (Å²) < 4.78 is 33.4. The molecule has 0 aromatic rings. The van der Waals surface area contributed by atoms with Gasteiger partial charge in [0.15, 0.2) is 12.6 Å². The lowest BCUT2D eigenvalue weighted by molar-refractivity contribution is -0.332. The number of carbonyl (C=O) groups is 1. The molecule has 0 radical (unpaired) electrons. The van der Waals surface area contributed by atoms with E-state index in [1.807, 2.05) is 0 Å². The van der Waals surface area contributed by atoms with E-state index in [4.69, 9.17) is 28.4 Å². The standard InChI is InChI=1S/C43H82O14/c1-3-5-6-7-8-9-10-11-12-13-14-15-16-17-18-19-20-21-22-23-24-25-26-27-52-29-32(55-35(45)4-2)30-53-42-41(51)39(49)37(47)34(57-42)31-54-43-40(50)38(48)36(46)33(28-44)56-43/h32-34,36-44,46-51H,3-31H2,1-2H3. The van der Waals surface area contributed by atoms with Crippen LogP contribution < -0.4 is 0 Å². The summed E-state index contributed by atoms with van der Waals surface area (Å²) in [6.45, 7) is 3.13. The molecule has 2 rings (SSSR count). The van der Waals surface area contributed by atoms with Crippen molar-refractivity contribution in [1.29, 1.82) is 0 Å². The summed E-state index contributed by atoms with van der Waals surface area (Å²) in [5.41, 5.74) is 0. The van der Waals surface area contributed by atoms with Crippen molar-refractivity contribution in [1.82, 2.24) is 0 Å². The number of ether oxygens (including phenoxy) is 6. The number of carbonyl (C=O) groups excluding carboxylic acids is 1. The smallest absolute Gasteiger partial charge is 0.305 e. The first-order valence-corrected chi connectivity index (χ1v) is 22.6. The topological polar surface area (TPSA) is 214 Å². The number of esters is 1. The maximum Gasteiger partial charge on any atom is 0.305 e. The number of aliphatic hydroxyl groups is 7. The summed E-state index contributed by atoms with van der Waals surface area (Å²) in [5, 5.41) is 71.1. The van der Waals surface area contributed by atoms with Gasteiger partial charge in [-0.1, -0.05) is 155 Å². The van der Waals surface area contributed by atoms with Gasteiger partial charge in [-0.25, -0.2) is 0 Å². The van der Waals surface area contributed by atoms with Crippen molar-refractivity contribution >= 4 is 5.97 Å². The molecule has 11 atom stereocenters. The zero-order chi connectivity index (χ0) is 41.7. The molecule has 11 unspecified atom stereocenters. The van der Waals surface area contributed by atoms with Gasteiger partial charge in [0.25, 0.3) is 0 Å². The fourth-order valence-corrected chi connectivity index (χ4v) is 7.38. The van der Waals surface area contributed by atoms with E-state index in [1.165, 1.54) is 128 Å². The fraction of sp³-hybridized carbons (Fsp3) is 0.977.